The average molecular weight is 269 g/mol. The number of amides is 1. The van der Waals surface area contributed by atoms with Gasteiger partial charge in [-0.15, -0.1) is 0 Å². The second-order valence-corrected chi connectivity index (χ2v) is 5.42. The van der Waals surface area contributed by atoms with E-state index in [4.69, 9.17) is 0 Å². The Morgan fingerprint density at radius 1 is 1.32 bits per heavy atom. The van der Waals surface area contributed by atoms with Crippen LogP contribution in [0.25, 0.3) is 0 Å². The Balaban J connectivity index is 1.98. The van der Waals surface area contributed by atoms with E-state index in [1.54, 1.807) is 0 Å². The maximum atomic E-state index is 11.7. The average Bonchev–Trinajstić information content (AvgIpc) is 2.46. The summed E-state index contributed by atoms with van der Waals surface area (Å²) in [4.78, 5) is 14.1. The summed E-state index contributed by atoms with van der Waals surface area (Å²) in [5.41, 5.74) is 0. The quantitative estimate of drug-likeness (QED) is 0.627. The van der Waals surface area contributed by atoms with E-state index >= 15 is 0 Å². The molecule has 1 atom stereocenters. The van der Waals surface area contributed by atoms with E-state index in [1.165, 1.54) is 19.3 Å². The van der Waals surface area contributed by atoms with Crippen LogP contribution in [0.2, 0.25) is 0 Å². The fraction of sp³-hybridized carbons (Fsp3) is 0.933. The van der Waals surface area contributed by atoms with Gasteiger partial charge in [-0.3, -0.25) is 4.79 Å². The SMILES string of the molecule is CCN(CC)CCCNC(=O)CCC1CCCCN1. The van der Waals surface area contributed by atoms with Crippen molar-refractivity contribution >= 4 is 5.91 Å². The smallest absolute Gasteiger partial charge is 0.220 e. The summed E-state index contributed by atoms with van der Waals surface area (Å²) >= 11 is 0. The summed E-state index contributed by atoms with van der Waals surface area (Å²) in [6.45, 7) is 9.56. The molecule has 4 heteroatoms. The number of hydrogen-bond acceptors (Lipinski definition) is 3. The van der Waals surface area contributed by atoms with Gasteiger partial charge in [-0.1, -0.05) is 20.3 Å². The minimum Gasteiger partial charge on any atom is -0.356 e. The highest BCUT2D eigenvalue weighted by Crippen LogP contribution is 2.11. The molecule has 1 saturated heterocycles. The van der Waals surface area contributed by atoms with Crippen molar-refractivity contribution in [1.82, 2.24) is 15.5 Å². The Morgan fingerprint density at radius 3 is 2.74 bits per heavy atom. The van der Waals surface area contributed by atoms with E-state index in [0.29, 0.717) is 12.5 Å². The van der Waals surface area contributed by atoms with E-state index in [9.17, 15) is 4.79 Å². The zero-order chi connectivity index (χ0) is 13.9. The first-order valence-corrected chi connectivity index (χ1v) is 7.98. The molecule has 1 heterocycles. The van der Waals surface area contributed by atoms with Crippen LogP contribution in [0, 0.1) is 0 Å². The van der Waals surface area contributed by atoms with Crippen LogP contribution < -0.4 is 10.6 Å². The van der Waals surface area contributed by atoms with Crippen molar-refractivity contribution in [3.8, 4) is 0 Å². The molecule has 1 aliphatic rings. The largest absolute Gasteiger partial charge is 0.356 e. The highest BCUT2D eigenvalue weighted by atomic mass is 16.1. The molecule has 1 amide bonds. The van der Waals surface area contributed by atoms with Gasteiger partial charge in [0, 0.05) is 19.0 Å². The summed E-state index contributed by atoms with van der Waals surface area (Å²) in [6.07, 6.45) is 6.53. The zero-order valence-corrected chi connectivity index (χ0v) is 12.7. The maximum Gasteiger partial charge on any atom is 0.220 e. The van der Waals surface area contributed by atoms with E-state index in [1.807, 2.05) is 0 Å². The fourth-order valence-electron chi connectivity index (χ4n) is 2.63. The van der Waals surface area contributed by atoms with Crippen molar-refractivity contribution in [2.24, 2.45) is 0 Å². The molecule has 0 saturated carbocycles. The molecule has 112 valence electrons. The van der Waals surface area contributed by atoms with Crippen LogP contribution in [0.3, 0.4) is 0 Å². The summed E-state index contributed by atoms with van der Waals surface area (Å²) in [5.74, 6) is 0.215. The molecule has 0 spiro atoms. The Labute approximate surface area is 118 Å². The number of piperidine rings is 1. The fourth-order valence-corrected chi connectivity index (χ4v) is 2.63. The molecule has 0 aromatic rings. The van der Waals surface area contributed by atoms with Crippen LogP contribution in [0.15, 0.2) is 0 Å². The van der Waals surface area contributed by atoms with Crippen molar-refractivity contribution < 1.29 is 4.79 Å². The Bertz CT molecular complexity index is 236. The number of carbonyl (C=O) groups excluding carboxylic acids is 1. The van der Waals surface area contributed by atoms with Gasteiger partial charge in [-0.05, 0) is 51.9 Å². The van der Waals surface area contributed by atoms with Gasteiger partial charge in [-0.2, -0.15) is 0 Å². The Kier molecular flexibility index (Phi) is 8.84. The van der Waals surface area contributed by atoms with Gasteiger partial charge in [0.05, 0.1) is 0 Å². The molecule has 0 radical (unpaired) electrons. The monoisotopic (exact) mass is 269 g/mol. The third-order valence-electron chi connectivity index (χ3n) is 4.00. The van der Waals surface area contributed by atoms with E-state index in [0.717, 1.165) is 45.6 Å². The third kappa shape index (κ3) is 7.53. The number of carbonyl (C=O) groups is 1. The van der Waals surface area contributed by atoms with Gasteiger partial charge in [0.2, 0.25) is 5.91 Å². The van der Waals surface area contributed by atoms with Gasteiger partial charge in [0.1, 0.15) is 0 Å². The second kappa shape index (κ2) is 10.2. The van der Waals surface area contributed by atoms with Gasteiger partial charge < -0.3 is 15.5 Å². The molecule has 0 aromatic carbocycles. The molecule has 0 aromatic heterocycles. The van der Waals surface area contributed by atoms with Crippen LogP contribution in [0.1, 0.15) is 52.4 Å². The first-order chi connectivity index (χ1) is 9.26. The highest BCUT2D eigenvalue weighted by molar-refractivity contribution is 5.75. The van der Waals surface area contributed by atoms with Gasteiger partial charge in [0.25, 0.3) is 0 Å². The summed E-state index contributed by atoms with van der Waals surface area (Å²) in [5, 5.41) is 6.52. The van der Waals surface area contributed by atoms with Crippen molar-refractivity contribution in [2.75, 3.05) is 32.7 Å². The van der Waals surface area contributed by atoms with Gasteiger partial charge >= 0.3 is 0 Å². The summed E-state index contributed by atoms with van der Waals surface area (Å²) in [6, 6.07) is 0.565. The third-order valence-corrected chi connectivity index (χ3v) is 4.00. The van der Waals surface area contributed by atoms with Crippen LogP contribution in [0.4, 0.5) is 0 Å². The summed E-state index contributed by atoms with van der Waals surface area (Å²) < 4.78 is 0. The molecule has 1 aliphatic heterocycles. The normalized spacial score (nSPS) is 19.6. The van der Waals surface area contributed by atoms with Gasteiger partial charge in [-0.25, -0.2) is 0 Å². The predicted molar refractivity (Wildman–Crippen MR) is 80.3 cm³/mol. The standard InChI is InChI=1S/C15H31N3O/c1-3-18(4-2)13-7-12-17-15(19)10-9-14-8-5-6-11-16-14/h14,16H,3-13H2,1-2H3,(H,17,19). The topological polar surface area (TPSA) is 44.4 Å². The van der Waals surface area contributed by atoms with Crippen LogP contribution in [0.5, 0.6) is 0 Å². The van der Waals surface area contributed by atoms with Crippen LogP contribution >= 0.6 is 0 Å². The minimum absolute atomic E-state index is 0.215. The summed E-state index contributed by atoms with van der Waals surface area (Å²) in [7, 11) is 0. The molecule has 0 aliphatic carbocycles. The lowest BCUT2D eigenvalue weighted by molar-refractivity contribution is -0.121. The van der Waals surface area contributed by atoms with Crippen molar-refractivity contribution in [3.05, 3.63) is 0 Å². The predicted octanol–water partition coefficient (Wildman–Crippen LogP) is 1.76. The number of nitrogens with one attached hydrogen (secondary N) is 2. The Hall–Kier alpha value is -0.610. The number of nitrogens with zero attached hydrogens (tertiary/aromatic N) is 1. The molecular weight excluding hydrogens is 238 g/mol. The Morgan fingerprint density at radius 2 is 2.11 bits per heavy atom. The molecule has 4 nitrogen and oxygen atoms in total. The molecule has 1 fully saturated rings. The lowest BCUT2D eigenvalue weighted by Crippen LogP contribution is -2.35. The molecule has 2 N–H and O–H groups in total. The van der Waals surface area contributed by atoms with Crippen molar-refractivity contribution in [2.45, 2.75) is 58.4 Å². The molecular formula is C15H31N3O. The van der Waals surface area contributed by atoms with Crippen LogP contribution in [-0.2, 0) is 4.79 Å². The molecule has 0 bridgehead atoms. The lowest BCUT2D eigenvalue weighted by Gasteiger charge is -2.23. The van der Waals surface area contributed by atoms with Crippen molar-refractivity contribution in [3.63, 3.8) is 0 Å². The maximum absolute atomic E-state index is 11.7. The second-order valence-electron chi connectivity index (χ2n) is 5.42. The van der Waals surface area contributed by atoms with E-state index in [2.05, 4.69) is 29.4 Å². The molecule has 1 unspecified atom stereocenters. The zero-order valence-electron chi connectivity index (χ0n) is 12.7. The van der Waals surface area contributed by atoms with E-state index < -0.39 is 0 Å². The number of hydrogen-bond donors (Lipinski definition) is 2. The first-order valence-electron chi connectivity index (χ1n) is 7.98. The van der Waals surface area contributed by atoms with Gasteiger partial charge in [0.15, 0.2) is 0 Å². The number of rotatable bonds is 9. The minimum atomic E-state index is 0.215. The van der Waals surface area contributed by atoms with E-state index in [-0.39, 0.29) is 5.91 Å². The molecule has 19 heavy (non-hydrogen) atoms. The van der Waals surface area contributed by atoms with Crippen LogP contribution in [-0.4, -0.2) is 49.6 Å². The first kappa shape index (κ1) is 16.4. The lowest BCUT2D eigenvalue weighted by atomic mass is 10.0. The van der Waals surface area contributed by atoms with Crippen molar-refractivity contribution in [1.29, 1.82) is 0 Å². The molecule has 1 rings (SSSR count). The highest BCUT2D eigenvalue weighted by Gasteiger charge is 2.13.